The third-order valence-corrected chi connectivity index (χ3v) is 7.15. The molecule has 0 radical (unpaired) electrons. The Morgan fingerprint density at radius 1 is 1.05 bits per heavy atom. The molecule has 1 N–H and O–H groups in total. The molecule has 1 heterocycles. The van der Waals surface area contributed by atoms with Gasteiger partial charge in [-0.25, -0.2) is 9.69 Å². The maximum absolute atomic E-state index is 13.7. The Labute approximate surface area is 249 Å². The molecule has 0 aromatic heterocycles. The van der Waals surface area contributed by atoms with Crippen LogP contribution in [-0.2, 0) is 33.7 Å². The Hall–Kier alpha value is -3.59. The van der Waals surface area contributed by atoms with E-state index in [2.05, 4.69) is 5.32 Å². The maximum Gasteiger partial charge on any atom is 0.417 e. The van der Waals surface area contributed by atoms with Crippen LogP contribution in [0.2, 0.25) is 10.0 Å². The van der Waals surface area contributed by atoms with Crippen molar-refractivity contribution in [3.05, 3.63) is 99.0 Å². The van der Waals surface area contributed by atoms with E-state index in [9.17, 15) is 14.4 Å². The number of hydrogen-bond donors (Lipinski definition) is 1. The number of carbonyl (C=O) groups is 3. The lowest BCUT2D eigenvalue weighted by Crippen LogP contribution is -2.47. The second-order valence-corrected chi connectivity index (χ2v) is 10.8. The first-order chi connectivity index (χ1) is 19.7. The lowest BCUT2D eigenvalue weighted by atomic mass is 10.0. The zero-order chi connectivity index (χ0) is 29.5. The molecule has 10 heteroatoms. The van der Waals surface area contributed by atoms with Crippen LogP contribution in [0.5, 0.6) is 5.75 Å². The molecule has 3 aromatic carbocycles. The van der Waals surface area contributed by atoms with Crippen molar-refractivity contribution in [2.75, 3.05) is 13.7 Å². The molecule has 0 spiro atoms. The molecule has 2 atom stereocenters. The number of imide groups is 1. The minimum atomic E-state index is -0.928. The van der Waals surface area contributed by atoms with E-state index in [-0.39, 0.29) is 36.6 Å². The molecular formula is C31H32Cl2N2O6. The number of halogens is 2. The van der Waals surface area contributed by atoms with E-state index >= 15 is 0 Å². The van der Waals surface area contributed by atoms with E-state index in [1.807, 2.05) is 56.3 Å². The highest BCUT2D eigenvalue weighted by Gasteiger charge is 2.41. The number of nitrogens with zero attached hydrogens (tertiary/aromatic N) is 1. The van der Waals surface area contributed by atoms with Gasteiger partial charge in [-0.1, -0.05) is 65.7 Å². The van der Waals surface area contributed by atoms with Gasteiger partial charge in [0.2, 0.25) is 0 Å². The number of nitrogens with one attached hydrogen (secondary N) is 1. The lowest BCUT2D eigenvalue weighted by Gasteiger charge is -2.26. The van der Waals surface area contributed by atoms with E-state index in [1.165, 1.54) is 18.1 Å². The molecule has 1 aliphatic heterocycles. The number of benzene rings is 3. The topological polar surface area (TPSA) is 94.2 Å². The summed E-state index contributed by atoms with van der Waals surface area (Å²) in [5.41, 5.74) is 2.76. The molecule has 3 aromatic rings. The van der Waals surface area contributed by atoms with Crippen LogP contribution >= 0.6 is 23.2 Å². The van der Waals surface area contributed by atoms with E-state index in [1.54, 1.807) is 18.2 Å². The predicted molar refractivity (Wildman–Crippen MR) is 156 cm³/mol. The van der Waals surface area contributed by atoms with Crippen LogP contribution < -0.4 is 10.1 Å². The predicted octanol–water partition coefficient (Wildman–Crippen LogP) is 5.86. The van der Waals surface area contributed by atoms with Crippen molar-refractivity contribution in [2.24, 2.45) is 0 Å². The first-order valence-electron chi connectivity index (χ1n) is 13.2. The summed E-state index contributed by atoms with van der Waals surface area (Å²) in [6.07, 6.45) is -1.19. The number of carbonyl (C=O) groups excluding carboxylic acids is 3. The van der Waals surface area contributed by atoms with Crippen LogP contribution in [0.15, 0.2) is 66.7 Å². The SMILES string of the molecule is COc1ccc(C[C@H](OC(C)C)C(=O)N2C(=O)OC[C@@H]2Cc2ccccc2)cc1CNC(=O)c1ccc(Cl)cc1Cl. The molecule has 0 aliphatic carbocycles. The third-order valence-electron chi connectivity index (χ3n) is 6.61. The summed E-state index contributed by atoms with van der Waals surface area (Å²) in [4.78, 5) is 40.3. The highest BCUT2D eigenvalue weighted by atomic mass is 35.5. The highest BCUT2D eigenvalue weighted by Crippen LogP contribution is 2.25. The summed E-state index contributed by atoms with van der Waals surface area (Å²) >= 11 is 12.1. The smallest absolute Gasteiger partial charge is 0.417 e. The number of ether oxygens (including phenoxy) is 3. The van der Waals surface area contributed by atoms with Crippen molar-refractivity contribution in [2.45, 2.75) is 51.5 Å². The Balaban J connectivity index is 1.51. The van der Waals surface area contributed by atoms with Gasteiger partial charge < -0.3 is 19.5 Å². The molecule has 41 heavy (non-hydrogen) atoms. The second kappa shape index (κ2) is 13.9. The van der Waals surface area contributed by atoms with Gasteiger partial charge in [0.25, 0.3) is 11.8 Å². The zero-order valence-corrected chi connectivity index (χ0v) is 24.6. The fraction of sp³-hybridized carbons (Fsp3) is 0.323. The van der Waals surface area contributed by atoms with Crippen LogP contribution in [0.4, 0.5) is 4.79 Å². The van der Waals surface area contributed by atoms with Crippen LogP contribution in [0, 0.1) is 0 Å². The number of amides is 3. The van der Waals surface area contributed by atoms with Gasteiger partial charge in [-0.2, -0.15) is 0 Å². The Bertz CT molecular complexity index is 1400. The van der Waals surface area contributed by atoms with Gasteiger partial charge in [-0.15, -0.1) is 0 Å². The van der Waals surface area contributed by atoms with Crippen LogP contribution in [-0.4, -0.2) is 54.8 Å². The van der Waals surface area contributed by atoms with Gasteiger partial charge in [0.1, 0.15) is 18.5 Å². The van der Waals surface area contributed by atoms with Gasteiger partial charge in [0.05, 0.1) is 29.8 Å². The van der Waals surface area contributed by atoms with E-state index in [0.29, 0.717) is 28.3 Å². The van der Waals surface area contributed by atoms with E-state index in [0.717, 1.165) is 11.1 Å². The summed E-state index contributed by atoms with van der Waals surface area (Å²) in [7, 11) is 1.54. The average Bonchev–Trinajstić information content (AvgIpc) is 3.30. The molecule has 0 unspecified atom stereocenters. The summed E-state index contributed by atoms with van der Waals surface area (Å²) in [6.45, 7) is 3.94. The summed E-state index contributed by atoms with van der Waals surface area (Å²) in [5.74, 6) is -0.257. The number of methoxy groups -OCH3 is 1. The lowest BCUT2D eigenvalue weighted by molar-refractivity contribution is -0.144. The van der Waals surface area contributed by atoms with Crippen LogP contribution in [0.3, 0.4) is 0 Å². The van der Waals surface area contributed by atoms with Crippen molar-refractivity contribution in [3.63, 3.8) is 0 Å². The van der Waals surface area contributed by atoms with Gasteiger partial charge in [0.15, 0.2) is 0 Å². The van der Waals surface area contributed by atoms with Gasteiger partial charge in [-0.3, -0.25) is 9.59 Å². The third kappa shape index (κ3) is 7.79. The standard InChI is InChI=1S/C31H32Cl2N2O6/c1-19(2)41-28(30(37)35-24(18-40-31(35)38)14-20-7-5-4-6-8-20)15-21-9-12-27(39-3)22(13-21)17-34-29(36)25-11-10-23(32)16-26(25)33/h4-13,16,19,24,28H,14-15,17-18H2,1-3H3,(H,34,36)/t24-,28-/m0/s1. The number of rotatable bonds is 11. The van der Waals surface area contributed by atoms with Crippen LogP contribution in [0.1, 0.15) is 40.9 Å². The van der Waals surface area contributed by atoms with E-state index < -0.39 is 24.1 Å². The molecule has 1 aliphatic rings. The second-order valence-electron chi connectivity index (χ2n) is 9.96. The molecule has 1 saturated heterocycles. The molecule has 3 amide bonds. The van der Waals surface area contributed by atoms with Crippen molar-refractivity contribution < 1.29 is 28.6 Å². The number of hydrogen-bond acceptors (Lipinski definition) is 6. The van der Waals surface area contributed by atoms with Gasteiger partial charge >= 0.3 is 6.09 Å². The first-order valence-corrected chi connectivity index (χ1v) is 14.0. The highest BCUT2D eigenvalue weighted by molar-refractivity contribution is 6.36. The minimum absolute atomic E-state index is 0.123. The molecule has 0 saturated carbocycles. The molecule has 8 nitrogen and oxygen atoms in total. The quantitative estimate of drug-likeness (QED) is 0.297. The van der Waals surface area contributed by atoms with Gasteiger partial charge in [0, 0.05) is 23.6 Å². The minimum Gasteiger partial charge on any atom is -0.496 e. The molecule has 216 valence electrons. The monoisotopic (exact) mass is 598 g/mol. The first kappa shape index (κ1) is 30.4. The molecule has 4 rings (SSSR count). The Morgan fingerprint density at radius 2 is 1.80 bits per heavy atom. The largest absolute Gasteiger partial charge is 0.496 e. The van der Waals surface area contributed by atoms with E-state index in [4.69, 9.17) is 37.4 Å². The van der Waals surface area contributed by atoms with Crippen molar-refractivity contribution in [3.8, 4) is 5.75 Å². The van der Waals surface area contributed by atoms with Crippen molar-refractivity contribution in [1.29, 1.82) is 0 Å². The fourth-order valence-corrected chi connectivity index (χ4v) is 5.19. The average molecular weight is 600 g/mol. The normalized spacial score (nSPS) is 15.5. The summed E-state index contributed by atoms with van der Waals surface area (Å²) in [5, 5.41) is 3.53. The maximum atomic E-state index is 13.7. The van der Waals surface area contributed by atoms with Crippen molar-refractivity contribution >= 4 is 41.1 Å². The number of cyclic esters (lactones) is 1. The van der Waals surface area contributed by atoms with Gasteiger partial charge in [-0.05, 0) is 55.7 Å². The molecular weight excluding hydrogens is 567 g/mol. The Kier molecular flexibility index (Phi) is 10.3. The van der Waals surface area contributed by atoms with Crippen LogP contribution in [0.25, 0.3) is 0 Å². The molecule has 0 bridgehead atoms. The summed E-state index contributed by atoms with van der Waals surface area (Å²) in [6, 6.07) is 19.3. The van der Waals surface area contributed by atoms with Crippen molar-refractivity contribution in [1.82, 2.24) is 10.2 Å². The molecule has 1 fully saturated rings. The summed E-state index contributed by atoms with van der Waals surface area (Å²) < 4.78 is 16.8. The fourth-order valence-electron chi connectivity index (χ4n) is 4.70. The Morgan fingerprint density at radius 3 is 2.49 bits per heavy atom. The zero-order valence-electron chi connectivity index (χ0n) is 23.1.